The number of cyclic esters (lactones) is 1. The van der Waals surface area contributed by atoms with Crippen LogP contribution in [0.25, 0.3) is 22.2 Å². The first-order chi connectivity index (χ1) is 17.0. The highest BCUT2D eigenvalue weighted by Crippen LogP contribution is 2.37. The van der Waals surface area contributed by atoms with E-state index in [0.29, 0.717) is 15.6 Å². The largest absolute Gasteiger partial charge is 0.422 e. The van der Waals surface area contributed by atoms with Crippen LogP contribution in [-0.4, -0.2) is 17.8 Å². The molecule has 0 bridgehead atoms. The van der Waals surface area contributed by atoms with Crippen LogP contribution in [-0.2, 0) is 9.53 Å². The van der Waals surface area contributed by atoms with Gasteiger partial charge in [0, 0.05) is 26.7 Å². The highest BCUT2D eigenvalue weighted by Gasteiger charge is 2.23. The summed E-state index contributed by atoms with van der Waals surface area (Å²) in [6.07, 6.45) is 4.93. The highest BCUT2D eigenvalue weighted by molar-refractivity contribution is 7.21. The van der Waals surface area contributed by atoms with Gasteiger partial charge in [-0.25, -0.2) is 14.6 Å². The second-order valence-electron chi connectivity index (χ2n) is 7.43. The average molecular weight is 520 g/mol. The number of hydrogen-bond acceptors (Lipinski definition) is 6. The zero-order valence-corrected chi connectivity index (χ0v) is 20.2. The van der Waals surface area contributed by atoms with Crippen LogP contribution in [0.3, 0.4) is 0 Å². The number of rotatable bonds is 5. The first-order valence-corrected chi connectivity index (χ1v) is 12.0. The third-order valence-electron chi connectivity index (χ3n) is 5.05. The maximum absolute atomic E-state index is 12.9. The normalized spacial score (nSPS) is 14.5. The van der Waals surface area contributed by atoms with Crippen molar-refractivity contribution in [3.63, 3.8) is 0 Å². The van der Waals surface area contributed by atoms with Crippen molar-refractivity contribution in [2.45, 2.75) is 0 Å². The van der Waals surface area contributed by atoms with E-state index >= 15 is 0 Å². The van der Waals surface area contributed by atoms with Crippen LogP contribution in [0.15, 0.2) is 89.6 Å². The standard InChI is InChI=1S/C27H15Cl2NO4S/c28-18-11-12-19-22(15-18)35-25(24(19)29)27(32)33-21-9-5-4-8-17(21)14-20-26(31)34-23(30-20)13-10-16-6-2-1-3-7-16/h1-15H/b13-10+,20-14+. The SMILES string of the molecule is O=C1OC(/C=C/c2ccccc2)=NC/1=C/c1ccccc1OC(=O)c1sc2cc(Cl)ccc2c1Cl. The lowest BCUT2D eigenvalue weighted by Gasteiger charge is -2.07. The van der Waals surface area contributed by atoms with Crippen molar-refractivity contribution in [1.82, 2.24) is 0 Å². The molecule has 5 rings (SSSR count). The highest BCUT2D eigenvalue weighted by atomic mass is 35.5. The predicted octanol–water partition coefficient (Wildman–Crippen LogP) is 7.44. The number of esters is 2. The van der Waals surface area contributed by atoms with Crippen LogP contribution < -0.4 is 4.74 Å². The van der Waals surface area contributed by atoms with E-state index in [1.807, 2.05) is 30.3 Å². The summed E-state index contributed by atoms with van der Waals surface area (Å²) in [6, 6.07) is 21.6. The number of hydrogen-bond donors (Lipinski definition) is 0. The number of thiophene rings is 1. The molecule has 1 aliphatic rings. The Labute approximate surface area is 214 Å². The average Bonchev–Trinajstić information content (AvgIpc) is 3.38. The molecular formula is C27H15Cl2NO4S. The predicted molar refractivity (Wildman–Crippen MR) is 140 cm³/mol. The van der Waals surface area contributed by atoms with Crippen molar-refractivity contribution in [3.8, 4) is 5.75 Å². The minimum absolute atomic E-state index is 0.0933. The van der Waals surface area contributed by atoms with Crippen LogP contribution in [0.1, 0.15) is 20.8 Å². The van der Waals surface area contributed by atoms with Gasteiger partial charge in [0.15, 0.2) is 5.70 Å². The summed E-state index contributed by atoms with van der Waals surface area (Å²) in [5.74, 6) is -0.770. The van der Waals surface area contributed by atoms with Gasteiger partial charge >= 0.3 is 11.9 Å². The number of carbonyl (C=O) groups is 2. The van der Waals surface area contributed by atoms with Gasteiger partial charge in [-0.2, -0.15) is 0 Å². The first-order valence-electron chi connectivity index (χ1n) is 10.4. The first kappa shape index (κ1) is 23.1. The molecule has 0 aliphatic carbocycles. The minimum atomic E-state index is -0.609. The van der Waals surface area contributed by atoms with E-state index in [2.05, 4.69) is 4.99 Å². The molecule has 5 nitrogen and oxygen atoms in total. The lowest BCUT2D eigenvalue weighted by Crippen LogP contribution is -2.08. The lowest BCUT2D eigenvalue weighted by molar-refractivity contribution is -0.129. The van der Waals surface area contributed by atoms with E-state index in [9.17, 15) is 9.59 Å². The van der Waals surface area contributed by atoms with E-state index in [4.69, 9.17) is 32.7 Å². The second kappa shape index (κ2) is 9.88. The fourth-order valence-corrected chi connectivity index (χ4v) is 5.05. The number of fused-ring (bicyclic) bond motifs is 1. The van der Waals surface area contributed by atoms with Crippen LogP contribution in [0.5, 0.6) is 5.75 Å². The van der Waals surface area contributed by atoms with Gasteiger partial charge in [-0.15, -0.1) is 11.3 Å². The molecule has 0 spiro atoms. The Morgan fingerprint density at radius 3 is 2.57 bits per heavy atom. The summed E-state index contributed by atoms with van der Waals surface area (Å²) in [5, 5.41) is 1.58. The van der Waals surface area contributed by atoms with Crippen molar-refractivity contribution in [3.05, 3.63) is 111 Å². The number of para-hydroxylation sites is 1. The zero-order chi connectivity index (χ0) is 24.4. The molecule has 35 heavy (non-hydrogen) atoms. The molecule has 1 aromatic heterocycles. The fraction of sp³-hybridized carbons (Fsp3) is 0. The van der Waals surface area contributed by atoms with Gasteiger partial charge in [0.25, 0.3) is 0 Å². The molecule has 0 fully saturated rings. The second-order valence-corrected chi connectivity index (χ2v) is 9.29. The molecular weight excluding hydrogens is 505 g/mol. The van der Waals surface area contributed by atoms with Gasteiger partial charge in [0.05, 0.1) is 5.02 Å². The Hall–Kier alpha value is -3.71. The van der Waals surface area contributed by atoms with E-state index < -0.39 is 11.9 Å². The number of aliphatic imine (C=N–C) groups is 1. The molecule has 2 heterocycles. The van der Waals surface area contributed by atoms with Crippen LogP contribution in [0, 0.1) is 0 Å². The zero-order valence-electron chi connectivity index (χ0n) is 17.9. The minimum Gasteiger partial charge on any atom is -0.422 e. The Morgan fingerprint density at radius 1 is 0.971 bits per heavy atom. The van der Waals surface area contributed by atoms with Crippen molar-refractivity contribution in [1.29, 1.82) is 0 Å². The van der Waals surface area contributed by atoms with E-state index in [1.165, 1.54) is 17.4 Å². The molecule has 8 heteroatoms. The molecule has 0 atom stereocenters. The molecule has 0 amide bonds. The lowest BCUT2D eigenvalue weighted by atomic mass is 10.1. The quantitative estimate of drug-likeness (QED) is 0.156. The molecule has 0 unspecified atom stereocenters. The molecule has 0 saturated carbocycles. The summed E-state index contributed by atoms with van der Waals surface area (Å²) < 4.78 is 11.7. The molecule has 1 aliphatic heterocycles. The van der Waals surface area contributed by atoms with Gasteiger partial charge in [0.2, 0.25) is 5.90 Å². The Morgan fingerprint density at radius 2 is 1.74 bits per heavy atom. The maximum Gasteiger partial charge on any atom is 0.363 e. The number of benzene rings is 3. The van der Waals surface area contributed by atoms with Crippen molar-refractivity contribution in [2.24, 2.45) is 4.99 Å². The van der Waals surface area contributed by atoms with E-state index in [0.717, 1.165) is 15.6 Å². The van der Waals surface area contributed by atoms with E-state index in [1.54, 1.807) is 54.6 Å². The van der Waals surface area contributed by atoms with Gasteiger partial charge in [0.1, 0.15) is 10.6 Å². The van der Waals surface area contributed by atoms with Gasteiger partial charge in [-0.1, -0.05) is 77.8 Å². The molecule has 172 valence electrons. The smallest absolute Gasteiger partial charge is 0.363 e. The number of carbonyl (C=O) groups excluding carboxylic acids is 2. The topological polar surface area (TPSA) is 65.0 Å². The Bertz CT molecular complexity index is 1550. The summed E-state index contributed by atoms with van der Waals surface area (Å²) >= 11 is 13.7. The molecule has 0 radical (unpaired) electrons. The van der Waals surface area contributed by atoms with Gasteiger partial charge in [-0.05, 0) is 35.9 Å². The Balaban J connectivity index is 1.40. The number of nitrogens with zero attached hydrogens (tertiary/aromatic N) is 1. The van der Waals surface area contributed by atoms with E-state index in [-0.39, 0.29) is 22.2 Å². The summed E-state index contributed by atoms with van der Waals surface area (Å²) in [4.78, 5) is 29.8. The number of halogens is 2. The number of ether oxygens (including phenoxy) is 2. The molecule has 0 saturated heterocycles. The summed E-state index contributed by atoms with van der Waals surface area (Å²) in [5.41, 5.74) is 1.53. The fourth-order valence-electron chi connectivity index (χ4n) is 3.39. The van der Waals surface area contributed by atoms with Crippen molar-refractivity contribution < 1.29 is 19.1 Å². The molecule has 0 N–H and O–H groups in total. The van der Waals surface area contributed by atoms with Crippen molar-refractivity contribution >= 4 is 74.6 Å². The van der Waals surface area contributed by atoms with Crippen molar-refractivity contribution in [2.75, 3.05) is 0 Å². The summed E-state index contributed by atoms with van der Waals surface area (Å²) in [7, 11) is 0. The monoisotopic (exact) mass is 519 g/mol. The Kier molecular flexibility index (Phi) is 6.51. The summed E-state index contributed by atoms with van der Waals surface area (Å²) in [6.45, 7) is 0. The van der Waals surface area contributed by atoms with Crippen LogP contribution in [0.4, 0.5) is 0 Å². The third-order valence-corrected chi connectivity index (χ3v) is 6.92. The molecule has 3 aromatic carbocycles. The van der Waals surface area contributed by atoms with Crippen LogP contribution in [0.2, 0.25) is 10.0 Å². The molecule has 4 aromatic rings. The van der Waals surface area contributed by atoms with Gasteiger partial charge < -0.3 is 9.47 Å². The van der Waals surface area contributed by atoms with Gasteiger partial charge in [-0.3, -0.25) is 0 Å². The van der Waals surface area contributed by atoms with Crippen LogP contribution >= 0.6 is 34.5 Å². The third kappa shape index (κ3) is 5.05. The maximum atomic E-state index is 12.9.